The van der Waals surface area contributed by atoms with Crippen LogP contribution in [0.2, 0.25) is 10.0 Å². The number of nitrogens with one attached hydrogen (secondary N) is 2. The highest BCUT2D eigenvalue weighted by molar-refractivity contribution is 9.10. The van der Waals surface area contributed by atoms with Crippen LogP contribution < -0.4 is 10.2 Å². The minimum Gasteiger partial charge on any atom is -0.489 e. The third-order valence-corrected chi connectivity index (χ3v) is 5.55. The number of aromatic nitrogens is 3. The first kappa shape index (κ1) is 21.2. The first-order chi connectivity index (χ1) is 13.5. The summed E-state index contributed by atoms with van der Waals surface area (Å²) < 4.78 is 9.34. The second kappa shape index (κ2) is 9.78. The monoisotopic (exact) mass is 500 g/mol. The Kier molecular flexibility index (Phi) is 7.40. The standard InChI is InChI=1S/C19H19BrCl2N4OS/c1-2-3-18-24-25-19(28)26(18)23-10-13-9-14(20)5-7-17(13)27-11-12-4-6-15(21)16(22)8-12/h4-9,23H,2-3,10-11H2,1H3,(H,25,28). The molecule has 1 heterocycles. The molecule has 5 nitrogen and oxygen atoms in total. The van der Waals surface area contributed by atoms with Crippen LogP contribution >= 0.6 is 51.3 Å². The maximum absolute atomic E-state index is 6.08. The fraction of sp³-hybridized carbons (Fsp3) is 0.263. The van der Waals surface area contributed by atoms with Crippen LogP contribution in [0.5, 0.6) is 5.75 Å². The molecule has 0 spiro atoms. The SMILES string of the molecule is CCCc1n[nH]c(=S)n1NCc1cc(Br)ccc1OCc1ccc(Cl)c(Cl)c1. The van der Waals surface area contributed by atoms with Crippen molar-refractivity contribution in [2.75, 3.05) is 5.43 Å². The number of aromatic amines is 1. The summed E-state index contributed by atoms with van der Waals surface area (Å²) in [4.78, 5) is 0. The van der Waals surface area contributed by atoms with Crippen molar-refractivity contribution < 1.29 is 4.74 Å². The minimum atomic E-state index is 0.387. The number of ether oxygens (including phenoxy) is 1. The van der Waals surface area contributed by atoms with Gasteiger partial charge in [-0.05, 0) is 54.5 Å². The number of halogens is 3. The van der Waals surface area contributed by atoms with Gasteiger partial charge in [0.15, 0.2) is 5.82 Å². The van der Waals surface area contributed by atoms with E-state index >= 15 is 0 Å². The van der Waals surface area contributed by atoms with Gasteiger partial charge in [-0.3, -0.25) is 5.10 Å². The number of aryl methyl sites for hydroxylation is 1. The van der Waals surface area contributed by atoms with Crippen LogP contribution in [0.15, 0.2) is 40.9 Å². The molecule has 0 fully saturated rings. The summed E-state index contributed by atoms with van der Waals surface area (Å²) in [5.74, 6) is 1.65. The van der Waals surface area contributed by atoms with E-state index in [0.717, 1.165) is 40.0 Å². The lowest BCUT2D eigenvalue weighted by atomic mass is 10.2. The van der Waals surface area contributed by atoms with E-state index in [4.69, 9.17) is 40.2 Å². The lowest BCUT2D eigenvalue weighted by Gasteiger charge is -2.15. The zero-order valence-corrected chi connectivity index (χ0v) is 19.1. The van der Waals surface area contributed by atoms with Crippen molar-refractivity contribution in [1.82, 2.24) is 14.9 Å². The van der Waals surface area contributed by atoms with E-state index in [2.05, 4.69) is 38.5 Å². The Labute approximate surface area is 187 Å². The maximum atomic E-state index is 6.08. The van der Waals surface area contributed by atoms with Crippen LogP contribution in [-0.4, -0.2) is 14.9 Å². The molecule has 148 valence electrons. The molecule has 0 aliphatic heterocycles. The van der Waals surface area contributed by atoms with E-state index in [0.29, 0.717) is 28.0 Å². The molecule has 28 heavy (non-hydrogen) atoms. The highest BCUT2D eigenvalue weighted by Crippen LogP contribution is 2.26. The summed E-state index contributed by atoms with van der Waals surface area (Å²) in [5.41, 5.74) is 5.25. The Bertz CT molecular complexity index is 1020. The van der Waals surface area contributed by atoms with Gasteiger partial charge in [0.1, 0.15) is 12.4 Å². The fourth-order valence-electron chi connectivity index (χ4n) is 2.67. The maximum Gasteiger partial charge on any atom is 0.214 e. The van der Waals surface area contributed by atoms with E-state index < -0.39 is 0 Å². The molecule has 2 N–H and O–H groups in total. The Hall–Kier alpha value is -1.54. The molecule has 0 amide bonds. The normalized spacial score (nSPS) is 10.9. The van der Waals surface area contributed by atoms with Crippen molar-refractivity contribution in [3.8, 4) is 5.75 Å². The van der Waals surface area contributed by atoms with Crippen LogP contribution in [0, 0.1) is 4.77 Å². The van der Waals surface area contributed by atoms with Gasteiger partial charge in [0.25, 0.3) is 0 Å². The lowest BCUT2D eigenvalue weighted by molar-refractivity contribution is 0.303. The van der Waals surface area contributed by atoms with E-state index in [1.165, 1.54) is 0 Å². The zero-order valence-electron chi connectivity index (χ0n) is 15.1. The Morgan fingerprint density at radius 1 is 1.21 bits per heavy atom. The third-order valence-electron chi connectivity index (χ3n) is 4.04. The molecular weight excluding hydrogens is 483 g/mol. The summed E-state index contributed by atoms with van der Waals surface area (Å²) in [5, 5.41) is 8.14. The Morgan fingerprint density at radius 3 is 2.79 bits per heavy atom. The van der Waals surface area contributed by atoms with Crippen molar-refractivity contribution in [2.24, 2.45) is 0 Å². The molecule has 2 aromatic carbocycles. The van der Waals surface area contributed by atoms with Gasteiger partial charge in [-0.1, -0.05) is 52.1 Å². The van der Waals surface area contributed by atoms with Gasteiger partial charge in [0.2, 0.25) is 4.77 Å². The first-order valence-corrected chi connectivity index (χ1v) is 10.7. The van der Waals surface area contributed by atoms with Crippen LogP contribution in [0.3, 0.4) is 0 Å². The van der Waals surface area contributed by atoms with Crippen molar-refractivity contribution in [2.45, 2.75) is 32.9 Å². The van der Waals surface area contributed by atoms with Gasteiger partial charge < -0.3 is 10.2 Å². The Balaban J connectivity index is 1.74. The van der Waals surface area contributed by atoms with E-state index in [1.54, 1.807) is 6.07 Å². The van der Waals surface area contributed by atoms with Crippen molar-refractivity contribution in [3.63, 3.8) is 0 Å². The minimum absolute atomic E-state index is 0.387. The first-order valence-electron chi connectivity index (χ1n) is 8.73. The highest BCUT2D eigenvalue weighted by atomic mass is 79.9. The van der Waals surface area contributed by atoms with Crippen LogP contribution in [0.25, 0.3) is 0 Å². The zero-order chi connectivity index (χ0) is 20.1. The highest BCUT2D eigenvalue weighted by Gasteiger charge is 2.09. The second-order valence-electron chi connectivity index (χ2n) is 6.15. The third kappa shape index (κ3) is 5.29. The number of nitrogens with zero attached hydrogens (tertiary/aromatic N) is 2. The molecule has 0 unspecified atom stereocenters. The number of benzene rings is 2. The summed E-state index contributed by atoms with van der Waals surface area (Å²) in [6, 6.07) is 11.4. The van der Waals surface area contributed by atoms with Gasteiger partial charge in [-0.15, -0.1) is 0 Å². The molecule has 1 aromatic heterocycles. The number of rotatable bonds is 8. The van der Waals surface area contributed by atoms with Crippen molar-refractivity contribution >= 4 is 51.3 Å². The lowest BCUT2D eigenvalue weighted by Crippen LogP contribution is -2.18. The van der Waals surface area contributed by atoms with Gasteiger partial charge in [0, 0.05) is 16.5 Å². The average molecular weight is 502 g/mol. The van der Waals surface area contributed by atoms with Crippen molar-refractivity contribution in [3.05, 3.63) is 72.6 Å². The average Bonchev–Trinajstić information content (AvgIpc) is 3.02. The largest absolute Gasteiger partial charge is 0.489 e. The molecule has 0 saturated carbocycles. The van der Waals surface area contributed by atoms with E-state index in [1.807, 2.05) is 35.0 Å². The second-order valence-corrected chi connectivity index (χ2v) is 8.27. The van der Waals surface area contributed by atoms with Gasteiger partial charge in [-0.2, -0.15) is 5.10 Å². The van der Waals surface area contributed by atoms with Crippen molar-refractivity contribution in [1.29, 1.82) is 0 Å². The van der Waals surface area contributed by atoms with Crippen LogP contribution in [0.4, 0.5) is 0 Å². The molecule has 0 aliphatic rings. The summed E-state index contributed by atoms with van der Waals surface area (Å²) in [7, 11) is 0. The van der Waals surface area contributed by atoms with Crippen LogP contribution in [0.1, 0.15) is 30.3 Å². The molecule has 0 bridgehead atoms. The smallest absolute Gasteiger partial charge is 0.214 e. The summed E-state index contributed by atoms with van der Waals surface area (Å²) in [6.45, 7) is 3.02. The fourth-order valence-corrected chi connectivity index (χ4v) is 3.61. The molecule has 0 aliphatic carbocycles. The Morgan fingerprint density at radius 2 is 2.04 bits per heavy atom. The number of hydrogen-bond acceptors (Lipinski definition) is 4. The van der Waals surface area contributed by atoms with Gasteiger partial charge in [0.05, 0.1) is 16.6 Å². The molecule has 0 atom stereocenters. The number of H-pyrrole nitrogens is 1. The molecule has 0 saturated heterocycles. The molecule has 0 radical (unpaired) electrons. The van der Waals surface area contributed by atoms with E-state index in [-0.39, 0.29) is 0 Å². The predicted octanol–water partition coefficient (Wildman–Crippen LogP) is 6.29. The van der Waals surface area contributed by atoms with Gasteiger partial charge >= 0.3 is 0 Å². The summed E-state index contributed by atoms with van der Waals surface area (Å²) >= 11 is 20.9. The van der Waals surface area contributed by atoms with Crippen LogP contribution in [-0.2, 0) is 19.6 Å². The van der Waals surface area contributed by atoms with E-state index in [9.17, 15) is 0 Å². The molecule has 3 aromatic rings. The topological polar surface area (TPSA) is 54.9 Å². The molecule has 9 heteroatoms. The predicted molar refractivity (Wildman–Crippen MR) is 119 cm³/mol. The quantitative estimate of drug-likeness (QED) is 0.356. The summed E-state index contributed by atoms with van der Waals surface area (Å²) in [6.07, 6.45) is 1.81. The van der Waals surface area contributed by atoms with Gasteiger partial charge in [-0.25, -0.2) is 4.68 Å². The molecular formula is C19H19BrCl2N4OS. The molecule has 3 rings (SSSR count). The number of hydrogen-bond donors (Lipinski definition) is 2.